The first kappa shape index (κ1) is 24.9. The number of carboxylic acid groups (broad SMARTS) is 2. The molecule has 0 saturated carbocycles. The summed E-state index contributed by atoms with van der Waals surface area (Å²) in [6.07, 6.45) is 6.05. The van der Waals surface area contributed by atoms with Crippen LogP contribution in [0.2, 0.25) is 0 Å². The van der Waals surface area contributed by atoms with Crippen molar-refractivity contribution in [3.05, 3.63) is 5.92 Å². The average molecular weight is 296 g/mol. The second-order valence-electron chi connectivity index (χ2n) is 5.81. The molecule has 0 aliphatic heterocycles. The van der Waals surface area contributed by atoms with Crippen molar-refractivity contribution in [2.75, 3.05) is 0 Å². The second-order valence-corrected chi connectivity index (χ2v) is 5.81. The molecule has 0 amide bonds. The molecule has 0 heterocycles. The van der Waals surface area contributed by atoms with E-state index in [9.17, 15) is 9.59 Å². The monoisotopic (exact) mass is 296 g/mol. The number of carbonyl (C=O) groups is 2. The fraction of sp³-hybridized carbons (Fsp3) is 0.800. The van der Waals surface area contributed by atoms with Gasteiger partial charge in [-0.15, -0.1) is 0 Å². The fourth-order valence-corrected chi connectivity index (χ4v) is 1.32. The van der Waals surface area contributed by atoms with Crippen molar-refractivity contribution in [1.29, 1.82) is 0 Å². The van der Waals surface area contributed by atoms with Crippen LogP contribution in [0.3, 0.4) is 0 Å². The Balaban J connectivity index is -0.000000312. The Labute approximate surface area is 145 Å². The van der Waals surface area contributed by atoms with E-state index in [-0.39, 0.29) is 29.6 Å². The van der Waals surface area contributed by atoms with Gasteiger partial charge in [0.1, 0.15) is 6.42 Å². The van der Waals surface area contributed by atoms with Crippen molar-refractivity contribution in [2.45, 2.75) is 73.1 Å². The largest absolute Gasteiger partial charge is 1.00 e. The summed E-state index contributed by atoms with van der Waals surface area (Å²) >= 11 is 0. The summed E-state index contributed by atoms with van der Waals surface area (Å²) in [5, 5.41) is 15.4. The molecular weight excluding hydrogens is 267 g/mol. The number of hydrogen-bond acceptors (Lipinski definition) is 2. The summed E-state index contributed by atoms with van der Waals surface area (Å²) in [6, 6.07) is 0. The minimum Gasteiger partial charge on any atom is -0.481 e. The standard InChI is InChI=1S/C12H25.C3H4O4.Na/c1-6-7-8-9-10-11(2)12(3,4)5;4-2(5)1-3(6)7;/h6-10H2,1-5H3;1H2,(H,4,5)(H,6,7);/q-1;;+1. The molecule has 0 aromatic rings. The van der Waals surface area contributed by atoms with Gasteiger partial charge in [0, 0.05) is 0 Å². The van der Waals surface area contributed by atoms with Crippen molar-refractivity contribution in [2.24, 2.45) is 5.41 Å². The second kappa shape index (κ2) is 13.9. The minimum atomic E-state index is -1.31. The van der Waals surface area contributed by atoms with Crippen molar-refractivity contribution < 1.29 is 49.4 Å². The summed E-state index contributed by atoms with van der Waals surface area (Å²) in [6.45, 7) is 11.5. The first-order chi connectivity index (χ1) is 8.61. The van der Waals surface area contributed by atoms with Gasteiger partial charge in [0.05, 0.1) is 0 Å². The van der Waals surface area contributed by atoms with Gasteiger partial charge in [0.25, 0.3) is 0 Å². The smallest absolute Gasteiger partial charge is 0.481 e. The molecule has 0 rings (SSSR count). The maximum Gasteiger partial charge on any atom is 1.00 e. The first-order valence-corrected chi connectivity index (χ1v) is 6.87. The summed E-state index contributed by atoms with van der Waals surface area (Å²) in [5.41, 5.74) is 0.423. The van der Waals surface area contributed by atoms with Crippen LogP contribution < -0.4 is 29.6 Å². The zero-order valence-corrected chi connectivity index (χ0v) is 16.0. The van der Waals surface area contributed by atoms with E-state index in [0.29, 0.717) is 5.41 Å². The quantitative estimate of drug-likeness (QED) is 0.320. The number of rotatable bonds is 7. The SMILES string of the molecule is CCCCCC[C-](C)C(C)(C)C.O=C(O)CC(=O)O.[Na+]. The molecule has 0 aliphatic carbocycles. The van der Waals surface area contributed by atoms with Gasteiger partial charge in [-0.25, -0.2) is 0 Å². The normalized spacial score (nSPS) is 10.3. The van der Waals surface area contributed by atoms with Crippen LogP contribution in [0.5, 0.6) is 0 Å². The van der Waals surface area contributed by atoms with Gasteiger partial charge < -0.3 is 16.1 Å². The Hall–Kier alpha value is -0.0600. The van der Waals surface area contributed by atoms with Gasteiger partial charge in [-0.3, -0.25) is 9.59 Å². The maximum absolute atomic E-state index is 9.43. The van der Waals surface area contributed by atoms with E-state index in [0.717, 1.165) is 0 Å². The number of unbranched alkanes of at least 4 members (excludes halogenated alkanes) is 3. The van der Waals surface area contributed by atoms with Crippen molar-refractivity contribution in [3.63, 3.8) is 0 Å². The van der Waals surface area contributed by atoms with Crippen LogP contribution >= 0.6 is 0 Å². The molecule has 0 bridgehead atoms. The van der Waals surface area contributed by atoms with E-state index in [4.69, 9.17) is 10.2 Å². The molecule has 4 nitrogen and oxygen atoms in total. The van der Waals surface area contributed by atoms with Crippen LogP contribution in [0, 0.1) is 11.3 Å². The number of hydrogen-bond donors (Lipinski definition) is 2. The van der Waals surface area contributed by atoms with E-state index in [1.165, 1.54) is 32.1 Å². The molecule has 0 spiro atoms. The maximum atomic E-state index is 9.43. The Bertz CT molecular complexity index is 247. The van der Waals surface area contributed by atoms with Crippen LogP contribution in [0.4, 0.5) is 0 Å². The molecule has 0 aliphatic rings. The third-order valence-electron chi connectivity index (χ3n) is 2.99. The van der Waals surface area contributed by atoms with Gasteiger partial charge in [0.2, 0.25) is 0 Å². The molecule has 2 N–H and O–H groups in total. The van der Waals surface area contributed by atoms with E-state index < -0.39 is 18.4 Å². The van der Waals surface area contributed by atoms with E-state index >= 15 is 0 Å². The third-order valence-corrected chi connectivity index (χ3v) is 2.99. The zero-order valence-electron chi connectivity index (χ0n) is 14.0. The molecule has 20 heavy (non-hydrogen) atoms. The van der Waals surface area contributed by atoms with Crippen LogP contribution in [0.25, 0.3) is 0 Å². The molecule has 0 unspecified atom stereocenters. The molecule has 0 atom stereocenters. The van der Waals surface area contributed by atoms with Gasteiger partial charge in [-0.1, -0.05) is 53.4 Å². The Morgan fingerprint density at radius 2 is 1.45 bits per heavy atom. The molecule has 0 radical (unpaired) electrons. The van der Waals surface area contributed by atoms with Crippen molar-refractivity contribution in [1.82, 2.24) is 0 Å². The summed E-state index contributed by atoms with van der Waals surface area (Å²) in [4.78, 5) is 18.9. The predicted molar refractivity (Wildman–Crippen MR) is 77.0 cm³/mol. The molecule has 0 aromatic heterocycles. The molecular formula is C15H29NaO4. The number of carboxylic acids is 2. The predicted octanol–water partition coefficient (Wildman–Crippen LogP) is 1.15. The molecule has 0 aromatic carbocycles. The van der Waals surface area contributed by atoms with Crippen LogP contribution in [0.1, 0.15) is 73.1 Å². The Kier molecular flexibility index (Phi) is 17.3. The Morgan fingerprint density at radius 1 is 1.00 bits per heavy atom. The van der Waals surface area contributed by atoms with Crippen LogP contribution in [0.15, 0.2) is 0 Å². The summed E-state index contributed by atoms with van der Waals surface area (Å²) < 4.78 is 0. The fourth-order valence-electron chi connectivity index (χ4n) is 1.32. The number of aliphatic carboxylic acids is 2. The minimum absolute atomic E-state index is 0. The van der Waals surface area contributed by atoms with Crippen molar-refractivity contribution >= 4 is 11.9 Å². The average Bonchev–Trinajstić information content (AvgIpc) is 2.21. The van der Waals surface area contributed by atoms with Crippen LogP contribution in [-0.2, 0) is 9.59 Å². The zero-order chi connectivity index (χ0) is 15.5. The Morgan fingerprint density at radius 3 is 1.70 bits per heavy atom. The van der Waals surface area contributed by atoms with Gasteiger partial charge in [-0.05, 0) is 0 Å². The third kappa shape index (κ3) is 20.3. The summed E-state index contributed by atoms with van der Waals surface area (Å²) in [7, 11) is 0. The van der Waals surface area contributed by atoms with E-state index in [2.05, 4.69) is 34.6 Å². The molecule has 0 saturated heterocycles. The molecule has 114 valence electrons. The topological polar surface area (TPSA) is 74.6 Å². The molecule has 5 heteroatoms. The molecule has 0 fully saturated rings. The van der Waals surface area contributed by atoms with Crippen molar-refractivity contribution in [3.8, 4) is 0 Å². The van der Waals surface area contributed by atoms with E-state index in [1.807, 2.05) is 0 Å². The first-order valence-electron chi connectivity index (χ1n) is 6.87. The van der Waals surface area contributed by atoms with Gasteiger partial charge in [-0.2, -0.15) is 18.8 Å². The summed E-state index contributed by atoms with van der Waals surface area (Å²) in [5.74, 6) is -0.974. The van der Waals surface area contributed by atoms with Gasteiger partial charge in [0.15, 0.2) is 0 Å². The van der Waals surface area contributed by atoms with Crippen LogP contribution in [-0.4, -0.2) is 22.2 Å². The van der Waals surface area contributed by atoms with Gasteiger partial charge >= 0.3 is 41.5 Å². The van der Waals surface area contributed by atoms with E-state index in [1.54, 1.807) is 5.92 Å².